The molecule has 0 saturated carbocycles. The van der Waals surface area contributed by atoms with Crippen molar-refractivity contribution in [1.82, 2.24) is 4.98 Å². The highest BCUT2D eigenvalue weighted by Crippen LogP contribution is 2.26. The zero-order valence-electron chi connectivity index (χ0n) is 11.3. The number of benzene rings is 2. The van der Waals surface area contributed by atoms with Crippen LogP contribution in [-0.2, 0) is 0 Å². The van der Waals surface area contributed by atoms with Crippen molar-refractivity contribution in [3.8, 4) is 11.3 Å². The standard InChI is InChI=1S/C16H12N2O3/c1-10-5-7-11(8-6-10)14-9-13-12(16(19)17-14)3-2-4-15(13)18(20)21/h2-9H,1H3,(H,17,19). The fraction of sp³-hybridized carbons (Fsp3) is 0.0625. The van der Waals surface area contributed by atoms with Crippen molar-refractivity contribution in [2.75, 3.05) is 0 Å². The minimum absolute atomic E-state index is 0.0630. The molecule has 0 bridgehead atoms. The predicted octanol–water partition coefficient (Wildman–Crippen LogP) is 3.41. The molecule has 1 aromatic heterocycles. The first-order chi connectivity index (χ1) is 10.1. The van der Waals surface area contributed by atoms with Crippen LogP contribution < -0.4 is 5.56 Å². The van der Waals surface area contributed by atoms with Gasteiger partial charge in [-0.3, -0.25) is 14.9 Å². The molecule has 21 heavy (non-hydrogen) atoms. The summed E-state index contributed by atoms with van der Waals surface area (Å²) in [5.41, 5.74) is 2.10. The molecule has 0 aliphatic rings. The summed E-state index contributed by atoms with van der Waals surface area (Å²) in [6.45, 7) is 1.97. The Morgan fingerprint density at radius 3 is 2.43 bits per heavy atom. The summed E-state index contributed by atoms with van der Waals surface area (Å²) >= 11 is 0. The maximum Gasteiger partial charge on any atom is 0.277 e. The van der Waals surface area contributed by atoms with Gasteiger partial charge in [0.15, 0.2) is 0 Å². The fourth-order valence-electron chi connectivity index (χ4n) is 2.32. The number of nitrogens with zero attached hydrogens (tertiary/aromatic N) is 1. The number of fused-ring (bicyclic) bond motifs is 1. The Balaban J connectivity index is 2.31. The third kappa shape index (κ3) is 2.29. The van der Waals surface area contributed by atoms with Crippen molar-refractivity contribution >= 4 is 16.5 Å². The van der Waals surface area contributed by atoms with Gasteiger partial charge >= 0.3 is 0 Å². The van der Waals surface area contributed by atoms with Crippen LogP contribution in [0.1, 0.15) is 5.56 Å². The molecule has 0 saturated heterocycles. The topological polar surface area (TPSA) is 76.0 Å². The van der Waals surface area contributed by atoms with Crippen LogP contribution in [-0.4, -0.2) is 9.91 Å². The molecule has 5 nitrogen and oxygen atoms in total. The van der Waals surface area contributed by atoms with E-state index in [1.807, 2.05) is 31.2 Å². The molecule has 0 unspecified atom stereocenters. The summed E-state index contributed by atoms with van der Waals surface area (Å²) in [4.78, 5) is 25.6. The second-order valence-electron chi connectivity index (χ2n) is 4.87. The minimum atomic E-state index is -0.472. The van der Waals surface area contributed by atoms with Crippen molar-refractivity contribution in [3.63, 3.8) is 0 Å². The predicted molar refractivity (Wildman–Crippen MR) is 81.4 cm³/mol. The lowest BCUT2D eigenvalue weighted by atomic mass is 10.1. The summed E-state index contributed by atoms with van der Waals surface area (Å²) in [6.07, 6.45) is 0. The Labute approximate surface area is 120 Å². The van der Waals surface area contributed by atoms with Gasteiger partial charge in [0.05, 0.1) is 15.7 Å². The van der Waals surface area contributed by atoms with Crippen LogP contribution in [0.4, 0.5) is 5.69 Å². The summed E-state index contributed by atoms with van der Waals surface area (Å²) in [5.74, 6) is 0. The molecule has 5 heteroatoms. The number of H-pyrrole nitrogens is 1. The fourth-order valence-corrected chi connectivity index (χ4v) is 2.32. The number of nitrogens with one attached hydrogen (secondary N) is 1. The van der Waals surface area contributed by atoms with Gasteiger partial charge in [-0.2, -0.15) is 0 Å². The van der Waals surface area contributed by atoms with Crippen LogP contribution in [0.2, 0.25) is 0 Å². The van der Waals surface area contributed by atoms with Gasteiger partial charge in [0, 0.05) is 11.8 Å². The van der Waals surface area contributed by atoms with Gasteiger partial charge in [0.25, 0.3) is 11.2 Å². The van der Waals surface area contributed by atoms with E-state index in [1.54, 1.807) is 12.1 Å². The highest BCUT2D eigenvalue weighted by Gasteiger charge is 2.14. The van der Waals surface area contributed by atoms with Gasteiger partial charge in [-0.05, 0) is 24.6 Å². The smallest absolute Gasteiger partial charge is 0.277 e. The first-order valence-electron chi connectivity index (χ1n) is 6.44. The number of pyridine rings is 1. The van der Waals surface area contributed by atoms with E-state index in [9.17, 15) is 14.9 Å². The second-order valence-corrected chi connectivity index (χ2v) is 4.87. The summed E-state index contributed by atoms with van der Waals surface area (Å²) in [6, 6.07) is 13.8. The van der Waals surface area contributed by atoms with Crippen LogP contribution in [0.25, 0.3) is 22.0 Å². The number of nitro groups is 1. The molecule has 0 spiro atoms. The average molecular weight is 280 g/mol. The number of hydrogen-bond acceptors (Lipinski definition) is 3. The molecular weight excluding hydrogens is 268 g/mol. The highest BCUT2D eigenvalue weighted by molar-refractivity contribution is 5.92. The van der Waals surface area contributed by atoms with Crippen molar-refractivity contribution in [1.29, 1.82) is 0 Å². The van der Waals surface area contributed by atoms with E-state index in [-0.39, 0.29) is 11.2 Å². The van der Waals surface area contributed by atoms with E-state index >= 15 is 0 Å². The van der Waals surface area contributed by atoms with Crippen molar-refractivity contribution in [2.45, 2.75) is 6.92 Å². The molecule has 0 aliphatic heterocycles. The molecule has 0 amide bonds. The quantitative estimate of drug-likeness (QED) is 0.577. The molecular formula is C16H12N2O3. The lowest BCUT2D eigenvalue weighted by Gasteiger charge is -2.05. The molecule has 0 atom stereocenters. The number of aromatic nitrogens is 1. The molecule has 3 rings (SSSR count). The highest BCUT2D eigenvalue weighted by atomic mass is 16.6. The Morgan fingerprint density at radius 2 is 1.76 bits per heavy atom. The van der Waals surface area contributed by atoms with Crippen LogP contribution in [0.15, 0.2) is 53.3 Å². The van der Waals surface area contributed by atoms with Gasteiger partial charge in [0.2, 0.25) is 0 Å². The number of non-ortho nitro benzene ring substituents is 1. The molecule has 0 radical (unpaired) electrons. The molecule has 3 aromatic rings. The van der Waals surface area contributed by atoms with E-state index in [1.165, 1.54) is 12.1 Å². The summed E-state index contributed by atoms with van der Waals surface area (Å²) < 4.78 is 0. The number of aromatic amines is 1. The zero-order chi connectivity index (χ0) is 15.0. The molecule has 2 aromatic carbocycles. The third-order valence-electron chi connectivity index (χ3n) is 3.42. The summed E-state index contributed by atoms with van der Waals surface area (Å²) in [5, 5.41) is 11.8. The van der Waals surface area contributed by atoms with Gasteiger partial charge in [-0.1, -0.05) is 35.9 Å². The Morgan fingerprint density at radius 1 is 1.05 bits per heavy atom. The average Bonchev–Trinajstić information content (AvgIpc) is 2.47. The van der Waals surface area contributed by atoms with Crippen molar-refractivity contribution in [3.05, 3.63) is 74.6 Å². The largest absolute Gasteiger partial charge is 0.321 e. The van der Waals surface area contributed by atoms with E-state index in [4.69, 9.17) is 0 Å². The Kier molecular flexibility index (Phi) is 3.02. The molecule has 104 valence electrons. The maximum absolute atomic E-state index is 12.1. The molecule has 1 N–H and O–H groups in total. The van der Waals surface area contributed by atoms with Crippen LogP contribution >= 0.6 is 0 Å². The SMILES string of the molecule is Cc1ccc(-c2cc3c([N+](=O)[O-])cccc3c(=O)[nH]2)cc1. The third-order valence-corrected chi connectivity index (χ3v) is 3.42. The van der Waals surface area contributed by atoms with Crippen LogP contribution in [0, 0.1) is 17.0 Å². The van der Waals surface area contributed by atoms with Gasteiger partial charge in [-0.15, -0.1) is 0 Å². The Hall–Kier alpha value is -2.95. The van der Waals surface area contributed by atoms with Gasteiger partial charge in [0.1, 0.15) is 0 Å². The van der Waals surface area contributed by atoms with Crippen molar-refractivity contribution in [2.24, 2.45) is 0 Å². The maximum atomic E-state index is 12.1. The van der Waals surface area contributed by atoms with Gasteiger partial charge in [-0.25, -0.2) is 0 Å². The normalized spacial score (nSPS) is 10.7. The Bertz CT molecular complexity index is 896. The number of aryl methyl sites for hydroxylation is 1. The van der Waals surface area contributed by atoms with Crippen LogP contribution in [0.5, 0.6) is 0 Å². The first-order valence-corrected chi connectivity index (χ1v) is 6.44. The second kappa shape index (κ2) is 4.86. The minimum Gasteiger partial charge on any atom is -0.321 e. The van der Waals surface area contributed by atoms with E-state index in [0.717, 1.165) is 11.1 Å². The molecule has 1 heterocycles. The molecule has 0 aliphatic carbocycles. The summed E-state index contributed by atoms with van der Waals surface area (Å²) in [7, 11) is 0. The van der Waals surface area contributed by atoms with E-state index in [2.05, 4.69) is 4.98 Å². The van der Waals surface area contributed by atoms with Gasteiger partial charge < -0.3 is 4.98 Å². The number of rotatable bonds is 2. The lowest BCUT2D eigenvalue weighted by Crippen LogP contribution is -2.08. The zero-order valence-corrected chi connectivity index (χ0v) is 11.3. The monoisotopic (exact) mass is 280 g/mol. The van der Waals surface area contributed by atoms with E-state index in [0.29, 0.717) is 16.5 Å². The number of nitro benzene ring substituents is 1. The number of hydrogen-bond donors (Lipinski definition) is 1. The lowest BCUT2D eigenvalue weighted by molar-refractivity contribution is -0.383. The molecule has 0 fully saturated rings. The first kappa shape index (κ1) is 13.1. The van der Waals surface area contributed by atoms with Crippen molar-refractivity contribution < 1.29 is 4.92 Å². The van der Waals surface area contributed by atoms with Crippen LogP contribution in [0.3, 0.4) is 0 Å². The van der Waals surface area contributed by atoms with E-state index < -0.39 is 4.92 Å².